The summed E-state index contributed by atoms with van der Waals surface area (Å²) < 4.78 is 9.81. The van der Waals surface area contributed by atoms with E-state index < -0.39 is 5.97 Å². The normalized spacial score (nSPS) is 9.65. The third-order valence-corrected chi connectivity index (χ3v) is 2.65. The fraction of sp³-hybridized carbons (Fsp3) is 0.400. The largest absolute Gasteiger partial charge is 0.466 e. The highest BCUT2D eigenvalue weighted by Gasteiger charge is 2.18. The molecule has 0 bridgehead atoms. The van der Waals surface area contributed by atoms with Crippen molar-refractivity contribution in [1.82, 2.24) is 0 Å². The molecule has 5 heteroatoms. The van der Waals surface area contributed by atoms with Crippen LogP contribution in [0.3, 0.4) is 0 Å². The summed E-state index contributed by atoms with van der Waals surface area (Å²) in [6, 6.07) is 6.92. The van der Waals surface area contributed by atoms with Gasteiger partial charge in [0.15, 0.2) is 0 Å². The molecule has 0 saturated heterocycles. The maximum absolute atomic E-state index is 11.9. The highest BCUT2D eigenvalue weighted by molar-refractivity contribution is 5.94. The molecule has 0 fully saturated rings. The smallest absolute Gasteiger partial charge is 0.339 e. The number of esters is 2. The van der Waals surface area contributed by atoms with Crippen molar-refractivity contribution in [3.8, 4) is 6.07 Å². The molecule has 0 saturated carbocycles. The molecule has 0 radical (unpaired) electrons. The average Bonchev–Trinajstić information content (AvgIpc) is 2.45. The second-order valence-electron chi connectivity index (χ2n) is 3.98. The predicted octanol–water partition coefficient (Wildman–Crippen LogP) is 2.23. The van der Waals surface area contributed by atoms with Crippen molar-refractivity contribution in [1.29, 1.82) is 5.26 Å². The number of nitriles is 1. The van der Waals surface area contributed by atoms with Crippen LogP contribution in [0.2, 0.25) is 0 Å². The summed E-state index contributed by atoms with van der Waals surface area (Å²) in [6.07, 6.45) is 0.498. The van der Waals surface area contributed by atoms with Gasteiger partial charge in [0.05, 0.1) is 24.3 Å². The summed E-state index contributed by atoms with van der Waals surface area (Å²) in [6.45, 7) is 3.99. The SMILES string of the molecule is CCOC(=O)CCc1cccc(C#N)c1C(=O)OCC. The van der Waals surface area contributed by atoms with Gasteiger partial charge in [-0.15, -0.1) is 0 Å². The Hall–Kier alpha value is -2.35. The third-order valence-electron chi connectivity index (χ3n) is 2.65. The second kappa shape index (κ2) is 7.95. The van der Waals surface area contributed by atoms with Crippen molar-refractivity contribution in [2.24, 2.45) is 0 Å². The third kappa shape index (κ3) is 4.09. The minimum absolute atomic E-state index is 0.162. The molecule has 0 N–H and O–H groups in total. The molecule has 0 aliphatic carbocycles. The van der Waals surface area contributed by atoms with Crippen LogP contribution in [0.25, 0.3) is 0 Å². The van der Waals surface area contributed by atoms with E-state index in [0.717, 1.165) is 0 Å². The number of hydrogen-bond acceptors (Lipinski definition) is 5. The Kier molecular flexibility index (Phi) is 6.24. The van der Waals surface area contributed by atoms with Gasteiger partial charge in [-0.2, -0.15) is 5.26 Å². The van der Waals surface area contributed by atoms with E-state index in [4.69, 9.17) is 14.7 Å². The number of carbonyl (C=O) groups excluding carboxylic acids is 2. The average molecular weight is 275 g/mol. The first-order valence-electron chi connectivity index (χ1n) is 6.48. The minimum Gasteiger partial charge on any atom is -0.466 e. The Morgan fingerprint density at radius 2 is 1.90 bits per heavy atom. The van der Waals surface area contributed by atoms with Gasteiger partial charge in [-0.1, -0.05) is 12.1 Å². The quantitative estimate of drug-likeness (QED) is 0.744. The van der Waals surface area contributed by atoms with Gasteiger partial charge in [-0.25, -0.2) is 4.79 Å². The van der Waals surface area contributed by atoms with Gasteiger partial charge in [0.1, 0.15) is 6.07 Å². The number of ether oxygens (including phenoxy) is 2. The predicted molar refractivity (Wildman–Crippen MR) is 72.1 cm³/mol. The highest BCUT2D eigenvalue weighted by Crippen LogP contribution is 2.18. The maximum atomic E-state index is 11.9. The lowest BCUT2D eigenvalue weighted by Gasteiger charge is -2.10. The van der Waals surface area contributed by atoms with Crippen molar-refractivity contribution in [3.63, 3.8) is 0 Å². The topological polar surface area (TPSA) is 76.4 Å². The van der Waals surface area contributed by atoms with Crippen molar-refractivity contribution < 1.29 is 19.1 Å². The molecule has 1 aromatic rings. The lowest BCUT2D eigenvalue weighted by Crippen LogP contribution is -2.12. The van der Waals surface area contributed by atoms with E-state index >= 15 is 0 Å². The number of rotatable bonds is 6. The van der Waals surface area contributed by atoms with Gasteiger partial charge in [-0.05, 0) is 31.9 Å². The highest BCUT2D eigenvalue weighted by atomic mass is 16.5. The number of benzene rings is 1. The van der Waals surface area contributed by atoms with Crippen LogP contribution in [0.4, 0.5) is 0 Å². The Balaban J connectivity index is 2.98. The molecule has 0 atom stereocenters. The fourth-order valence-corrected chi connectivity index (χ4v) is 1.82. The first-order chi connectivity index (χ1) is 9.63. The lowest BCUT2D eigenvalue weighted by molar-refractivity contribution is -0.143. The van der Waals surface area contributed by atoms with E-state index in [1.165, 1.54) is 0 Å². The van der Waals surface area contributed by atoms with Crippen molar-refractivity contribution >= 4 is 11.9 Å². The van der Waals surface area contributed by atoms with Gasteiger partial charge >= 0.3 is 11.9 Å². The number of nitrogens with zero attached hydrogens (tertiary/aromatic N) is 1. The summed E-state index contributed by atoms with van der Waals surface area (Å²) in [5.41, 5.74) is 1.11. The Bertz CT molecular complexity index is 531. The molecule has 0 spiro atoms. The number of carbonyl (C=O) groups is 2. The molecule has 1 rings (SSSR count). The minimum atomic E-state index is -0.538. The standard InChI is InChI=1S/C15H17NO4/c1-3-19-13(17)9-8-11-6-5-7-12(10-16)14(11)15(18)20-4-2/h5-7H,3-4,8-9H2,1-2H3. The van der Waals surface area contributed by atoms with Crippen LogP contribution in [0.5, 0.6) is 0 Å². The summed E-state index contributed by atoms with van der Waals surface area (Å²) in [5.74, 6) is -0.867. The Morgan fingerprint density at radius 1 is 1.20 bits per heavy atom. The van der Waals surface area contributed by atoms with Crippen LogP contribution in [0.1, 0.15) is 41.8 Å². The summed E-state index contributed by atoms with van der Waals surface area (Å²) in [5, 5.41) is 9.07. The van der Waals surface area contributed by atoms with E-state index in [9.17, 15) is 9.59 Å². The summed E-state index contributed by atoms with van der Waals surface area (Å²) >= 11 is 0. The zero-order valence-corrected chi connectivity index (χ0v) is 11.6. The van der Waals surface area contributed by atoms with Crippen LogP contribution in [-0.4, -0.2) is 25.2 Å². The molecular formula is C15H17NO4. The number of hydrogen-bond donors (Lipinski definition) is 0. The number of aryl methyl sites for hydroxylation is 1. The molecule has 1 aromatic carbocycles. The van der Waals surface area contributed by atoms with Crippen LogP contribution in [0.15, 0.2) is 18.2 Å². The molecular weight excluding hydrogens is 258 g/mol. The molecule has 0 aliphatic rings. The van der Waals surface area contributed by atoms with E-state index in [1.807, 2.05) is 6.07 Å². The first-order valence-corrected chi connectivity index (χ1v) is 6.48. The van der Waals surface area contributed by atoms with Gasteiger partial charge in [0, 0.05) is 6.42 Å². The Labute approximate surface area is 118 Å². The van der Waals surface area contributed by atoms with Gasteiger partial charge in [0.2, 0.25) is 0 Å². The molecule has 5 nitrogen and oxygen atoms in total. The second-order valence-corrected chi connectivity index (χ2v) is 3.98. The molecule has 0 amide bonds. The van der Waals surface area contributed by atoms with E-state index in [0.29, 0.717) is 18.6 Å². The fourth-order valence-electron chi connectivity index (χ4n) is 1.82. The van der Waals surface area contributed by atoms with Crippen LogP contribution >= 0.6 is 0 Å². The molecule has 106 valence electrons. The zero-order valence-electron chi connectivity index (χ0n) is 11.6. The van der Waals surface area contributed by atoms with Crippen LogP contribution in [-0.2, 0) is 20.7 Å². The lowest BCUT2D eigenvalue weighted by atomic mass is 9.98. The van der Waals surface area contributed by atoms with E-state index in [-0.39, 0.29) is 30.1 Å². The van der Waals surface area contributed by atoms with Crippen molar-refractivity contribution in [2.75, 3.05) is 13.2 Å². The van der Waals surface area contributed by atoms with Gasteiger partial charge < -0.3 is 9.47 Å². The monoisotopic (exact) mass is 275 g/mol. The van der Waals surface area contributed by atoms with Gasteiger partial charge in [-0.3, -0.25) is 4.79 Å². The Morgan fingerprint density at radius 3 is 2.50 bits per heavy atom. The van der Waals surface area contributed by atoms with E-state index in [1.54, 1.807) is 32.0 Å². The van der Waals surface area contributed by atoms with Crippen molar-refractivity contribution in [3.05, 3.63) is 34.9 Å². The van der Waals surface area contributed by atoms with E-state index in [2.05, 4.69) is 0 Å². The molecule has 0 unspecified atom stereocenters. The molecule has 0 heterocycles. The van der Waals surface area contributed by atoms with Crippen molar-refractivity contribution in [2.45, 2.75) is 26.7 Å². The van der Waals surface area contributed by atoms with Gasteiger partial charge in [0.25, 0.3) is 0 Å². The van der Waals surface area contributed by atoms with Crippen LogP contribution < -0.4 is 0 Å². The molecule has 20 heavy (non-hydrogen) atoms. The summed E-state index contributed by atoms with van der Waals surface area (Å²) in [7, 11) is 0. The zero-order chi connectivity index (χ0) is 15.0. The summed E-state index contributed by atoms with van der Waals surface area (Å²) in [4.78, 5) is 23.3. The maximum Gasteiger partial charge on any atom is 0.339 e. The molecule has 0 aliphatic heterocycles. The first kappa shape index (κ1) is 15.7. The van der Waals surface area contributed by atoms with Crippen LogP contribution in [0, 0.1) is 11.3 Å². The molecule has 0 aromatic heterocycles.